The minimum atomic E-state index is -0.435. The summed E-state index contributed by atoms with van der Waals surface area (Å²) in [5, 5.41) is 8.93. The fourth-order valence-electron chi connectivity index (χ4n) is 3.67. The van der Waals surface area contributed by atoms with Crippen LogP contribution in [0.1, 0.15) is 23.7 Å². The molecule has 5 aromatic rings. The average Bonchev–Trinajstić information content (AvgIpc) is 3.38. The first-order chi connectivity index (χ1) is 16.4. The zero-order valence-corrected chi connectivity index (χ0v) is 19.7. The highest BCUT2D eigenvalue weighted by atomic mass is 32.1. The Morgan fingerprint density at radius 1 is 1.06 bits per heavy atom. The van der Waals surface area contributed by atoms with E-state index < -0.39 is 5.56 Å². The van der Waals surface area contributed by atoms with Crippen molar-refractivity contribution in [2.45, 2.75) is 20.8 Å². The Labute approximate surface area is 198 Å². The second-order valence-electron chi connectivity index (χ2n) is 7.74. The van der Waals surface area contributed by atoms with E-state index in [4.69, 9.17) is 9.84 Å². The van der Waals surface area contributed by atoms with Gasteiger partial charge in [-0.05, 0) is 62.7 Å². The summed E-state index contributed by atoms with van der Waals surface area (Å²) in [6.07, 6.45) is 3.66. The van der Waals surface area contributed by atoms with Gasteiger partial charge in [0.15, 0.2) is 0 Å². The first kappa shape index (κ1) is 21.7. The van der Waals surface area contributed by atoms with Crippen molar-refractivity contribution in [2.75, 3.05) is 6.61 Å². The van der Waals surface area contributed by atoms with Gasteiger partial charge in [-0.1, -0.05) is 29.5 Å². The van der Waals surface area contributed by atoms with Crippen molar-refractivity contribution in [3.05, 3.63) is 96.8 Å². The molecule has 0 unspecified atom stereocenters. The molecule has 2 aromatic carbocycles. The zero-order chi connectivity index (χ0) is 23.8. The number of hydrogen-bond donors (Lipinski definition) is 0. The van der Waals surface area contributed by atoms with Crippen LogP contribution in [0.25, 0.3) is 28.0 Å². The van der Waals surface area contributed by atoms with Gasteiger partial charge >= 0.3 is 0 Å². The summed E-state index contributed by atoms with van der Waals surface area (Å²) < 4.78 is 9.06. The van der Waals surface area contributed by atoms with E-state index in [0.29, 0.717) is 11.1 Å². The normalized spacial score (nSPS) is 11.9. The maximum absolute atomic E-state index is 13.0. The van der Waals surface area contributed by atoms with Crippen LogP contribution in [0.15, 0.2) is 64.3 Å². The monoisotopic (exact) mass is 471 g/mol. The quantitative estimate of drug-likeness (QED) is 0.391. The van der Waals surface area contributed by atoms with E-state index in [9.17, 15) is 9.59 Å². The van der Waals surface area contributed by atoms with Crippen molar-refractivity contribution in [1.29, 1.82) is 0 Å². The first-order valence-corrected chi connectivity index (χ1v) is 11.6. The molecule has 0 N–H and O–H groups in total. The van der Waals surface area contributed by atoms with Crippen molar-refractivity contribution in [3.8, 4) is 22.7 Å². The third-order valence-corrected chi connectivity index (χ3v) is 6.30. The van der Waals surface area contributed by atoms with Crippen molar-refractivity contribution in [3.63, 3.8) is 0 Å². The van der Waals surface area contributed by atoms with Crippen LogP contribution in [0.5, 0.6) is 5.75 Å². The Morgan fingerprint density at radius 2 is 1.85 bits per heavy atom. The molecule has 0 spiro atoms. The summed E-state index contributed by atoms with van der Waals surface area (Å²) in [5.74, 6) is 0.822. The Kier molecular flexibility index (Phi) is 5.54. The standard InChI is InChI=1S/C25H21N5O3S/c1-4-33-20-11-10-17(12-15(20)2)22-18(14-29(28-22)19-8-6-5-7-9-19)13-21-24(32)30-25(34-21)26-23(31)16(3)27-30/h5-14H,4H2,1-3H3. The van der Waals surface area contributed by atoms with Gasteiger partial charge in [0.1, 0.15) is 17.1 Å². The number of thiazole rings is 1. The van der Waals surface area contributed by atoms with Gasteiger partial charge in [-0.3, -0.25) is 9.59 Å². The fourth-order valence-corrected chi connectivity index (χ4v) is 4.57. The van der Waals surface area contributed by atoms with E-state index in [1.165, 1.54) is 4.52 Å². The summed E-state index contributed by atoms with van der Waals surface area (Å²) >= 11 is 1.13. The lowest BCUT2D eigenvalue weighted by Gasteiger charge is -2.08. The molecule has 0 bridgehead atoms. The van der Waals surface area contributed by atoms with Gasteiger partial charge in [-0.2, -0.15) is 19.7 Å². The lowest BCUT2D eigenvalue weighted by molar-refractivity contribution is 0.338. The van der Waals surface area contributed by atoms with E-state index in [1.807, 2.05) is 68.6 Å². The Balaban J connectivity index is 1.72. The maximum Gasteiger partial charge on any atom is 0.295 e. The first-order valence-electron chi connectivity index (χ1n) is 10.8. The van der Waals surface area contributed by atoms with E-state index in [0.717, 1.165) is 45.2 Å². The van der Waals surface area contributed by atoms with Crippen molar-refractivity contribution in [1.82, 2.24) is 24.4 Å². The number of benzene rings is 2. The largest absolute Gasteiger partial charge is 0.494 e. The molecular formula is C25H21N5O3S. The number of fused-ring (bicyclic) bond motifs is 1. The molecule has 170 valence electrons. The lowest BCUT2D eigenvalue weighted by atomic mass is 10.0. The van der Waals surface area contributed by atoms with Crippen LogP contribution in [0, 0.1) is 13.8 Å². The highest BCUT2D eigenvalue weighted by Crippen LogP contribution is 2.29. The zero-order valence-electron chi connectivity index (χ0n) is 18.8. The number of hydrogen-bond acceptors (Lipinski definition) is 7. The molecular weight excluding hydrogens is 450 g/mol. The SMILES string of the molecule is CCOc1ccc(-c2nn(-c3ccccc3)cc2C=c2sc3nc(=O)c(C)nn3c2=O)cc1C. The van der Waals surface area contributed by atoms with Crippen molar-refractivity contribution >= 4 is 22.4 Å². The average molecular weight is 472 g/mol. The van der Waals surface area contributed by atoms with Gasteiger partial charge in [-0.25, -0.2) is 4.68 Å². The number of ether oxygens (including phenoxy) is 1. The van der Waals surface area contributed by atoms with E-state index in [-0.39, 0.29) is 16.2 Å². The summed E-state index contributed by atoms with van der Waals surface area (Å²) in [7, 11) is 0. The summed E-state index contributed by atoms with van der Waals surface area (Å²) in [4.78, 5) is 29.1. The Hall–Kier alpha value is -4.11. The molecule has 0 radical (unpaired) electrons. The molecule has 0 aliphatic heterocycles. The molecule has 0 amide bonds. The number of rotatable bonds is 5. The molecule has 0 saturated heterocycles. The Morgan fingerprint density at radius 3 is 2.59 bits per heavy atom. The van der Waals surface area contributed by atoms with Crippen LogP contribution in [-0.2, 0) is 0 Å². The molecule has 0 saturated carbocycles. The molecule has 0 aliphatic carbocycles. The number of aryl methyl sites for hydroxylation is 2. The number of aromatic nitrogens is 5. The van der Waals surface area contributed by atoms with Crippen LogP contribution >= 0.6 is 11.3 Å². The molecule has 0 atom stereocenters. The second-order valence-corrected chi connectivity index (χ2v) is 8.75. The lowest BCUT2D eigenvalue weighted by Crippen LogP contribution is -2.27. The van der Waals surface area contributed by atoms with Gasteiger partial charge < -0.3 is 4.74 Å². The molecule has 9 heteroatoms. The predicted octanol–water partition coefficient (Wildman–Crippen LogP) is 2.93. The summed E-state index contributed by atoms with van der Waals surface area (Å²) in [5.41, 5.74) is 3.70. The number of nitrogens with zero attached hydrogens (tertiary/aromatic N) is 5. The molecule has 3 aromatic heterocycles. The molecule has 0 fully saturated rings. The maximum atomic E-state index is 13.0. The van der Waals surface area contributed by atoms with Crippen LogP contribution < -0.4 is 20.4 Å². The van der Waals surface area contributed by atoms with E-state index in [2.05, 4.69) is 10.1 Å². The third-order valence-electron chi connectivity index (χ3n) is 5.34. The number of para-hydroxylation sites is 1. The fraction of sp³-hybridized carbons (Fsp3) is 0.160. The van der Waals surface area contributed by atoms with Crippen LogP contribution in [0.2, 0.25) is 0 Å². The van der Waals surface area contributed by atoms with Crippen molar-refractivity contribution in [2.24, 2.45) is 0 Å². The summed E-state index contributed by atoms with van der Waals surface area (Å²) in [6.45, 7) is 6.07. The Bertz CT molecular complexity index is 1690. The molecule has 5 rings (SSSR count). The van der Waals surface area contributed by atoms with Gasteiger partial charge in [0, 0.05) is 17.3 Å². The van der Waals surface area contributed by atoms with Gasteiger partial charge in [-0.15, -0.1) is 0 Å². The smallest absolute Gasteiger partial charge is 0.295 e. The van der Waals surface area contributed by atoms with Crippen LogP contribution in [0.3, 0.4) is 0 Å². The molecule has 3 heterocycles. The highest BCUT2D eigenvalue weighted by molar-refractivity contribution is 7.15. The molecule has 8 nitrogen and oxygen atoms in total. The summed E-state index contributed by atoms with van der Waals surface area (Å²) in [6, 6.07) is 15.7. The minimum absolute atomic E-state index is 0.182. The van der Waals surface area contributed by atoms with Gasteiger partial charge in [0.05, 0.1) is 16.8 Å². The molecule has 34 heavy (non-hydrogen) atoms. The van der Waals surface area contributed by atoms with Crippen LogP contribution in [0.4, 0.5) is 0 Å². The predicted molar refractivity (Wildman–Crippen MR) is 132 cm³/mol. The third kappa shape index (κ3) is 3.90. The minimum Gasteiger partial charge on any atom is -0.494 e. The molecule has 0 aliphatic rings. The van der Waals surface area contributed by atoms with Crippen LogP contribution in [-0.4, -0.2) is 31.0 Å². The van der Waals surface area contributed by atoms with Crippen molar-refractivity contribution < 1.29 is 4.74 Å². The highest BCUT2D eigenvalue weighted by Gasteiger charge is 2.14. The van der Waals surface area contributed by atoms with E-state index in [1.54, 1.807) is 17.7 Å². The topological polar surface area (TPSA) is 91.4 Å². The second kappa shape index (κ2) is 8.68. The van der Waals surface area contributed by atoms with E-state index >= 15 is 0 Å². The van der Waals surface area contributed by atoms with Gasteiger partial charge in [0.2, 0.25) is 4.96 Å². The van der Waals surface area contributed by atoms with Gasteiger partial charge in [0.25, 0.3) is 11.1 Å².